The number of anilines is 1. The molecule has 1 aromatic heterocycles. The Morgan fingerprint density at radius 1 is 1.17 bits per heavy atom. The number of nitrogens with zero attached hydrogens (tertiary/aromatic N) is 1. The van der Waals surface area contributed by atoms with Gasteiger partial charge in [-0.05, 0) is 55.0 Å². The quantitative estimate of drug-likeness (QED) is 0.397. The molecule has 4 rings (SSSR count). The maximum atomic E-state index is 12.8. The number of phenolic OH excluding ortho intramolecular Hbond substituents is 1. The minimum Gasteiger partial charge on any atom is -0.507 e. The minimum atomic E-state index is -0.336. The molecular formula is C22H17BrN2O4. The van der Waals surface area contributed by atoms with Gasteiger partial charge in [-0.25, -0.2) is 4.98 Å². The van der Waals surface area contributed by atoms with Crippen LogP contribution in [0.1, 0.15) is 15.9 Å². The van der Waals surface area contributed by atoms with E-state index in [0.717, 1.165) is 4.47 Å². The zero-order valence-electron chi connectivity index (χ0n) is 15.7. The molecule has 0 unspecified atom stereocenters. The van der Waals surface area contributed by atoms with Gasteiger partial charge in [0.1, 0.15) is 17.0 Å². The molecule has 0 aliphatic heterocycles. The average Bonchev–Trinajstić information content (AvgIpc) is 3.14. The molecule has 0 atom stereocenters. The molecule has 4 aromatic rings. The summed E-state index contributed by atoms with van der Waals surface area (Å²) in [5, 5.41) is 13.4. The van der Waals surface area contributed by atoms with Crippen LogP contribution in [0, 0.1) is 6.92 Å². The molecular weight excluding hydrogens is 436 g/mol. The second-order valence-electron chi connectivity index (χ2n) is 6.47. The van der Waals surface area contributed by atoms with Crippen LogP contribution < -0.4 is 10.1 Å². The predicted octanol–water partition coefficient (Wildman–Crippen LogP) is 5.53. The third kappa shape index (κ3) is 3.69. The number of methoxy groups -OCH3 is 1. The number of para-hydroxylation sites is 2. The topological polar surface area (TPSA) is 84.6 Å². The van der Waals surface area contributed by atoms with Gasteiger partial charge in [0.2, 0.25) is 5.89 Å². The summed E-state index contributed by atoms with van der Waals surface area (Å²) in [6, 6.07) is 15.9. The summed E-state index contributed by atoms with van der Waals surface area (Å²) in [6.07, 6.45) is 0. The third-order valence-electron chi connectivity index (χ3n) is 4.49. The summed E-state index contributed by atoms with van der Waals surface area (Å²) in [7, 11) is 1.51. The lowest BCUT2D eigenvalue weighted by Crippen LogP contribution is -2.13. The number of amides is 1. The zero-order valence-corrected chi connectivity index (χ0v) is 17.3. The van der Waals surface area contributed by atoms with E-state index in [2.05, 4.69) is 26.2 Å². The lowest BCUT2D eigenvalue weighted by molar-refractivity contribution is 0.102. The monoisotopic (exact) mass is 452 g/mol. The van der Waals surface area contributed by atoms with Crippen molar-refractivity contribution in [2.45, 2.75) is 6.92 Å². The van der Waals surface area contributed by atoms with Crippen molar-refractivity contribution >= 4 is 38.6 Å². The Morgan fingerprint density at radius 2 is 1.97 bits per heavy atom. The van der Waals surface area contributed by atoms with E-state index in [9.17, 15) is 9.90 Å². The maximum absolute atomic E-state index is 12.8. The number of fused-ring (bicyclic) bond motifs is 1. The van der Waals surface area contributed by atoms with Crippen molar-refractivity contribution in [3.63, 3.8) is 0 Å². The van der Waals surface area contributed by atoms with E-state index >= 15 is 0 Å². The molecule has 0 saturated carbocycles. The van der Waals surface area contributed by atoms with Gasteiger partial charge in [0.25, 0.3) is 5.91 Å². The van der Waals surface area contributed by atoms with Crippen LogP contribution in [0.4, 0.5) is 5.69 Å². The van der Waals surface area contributed by atoms with Gasteiger partial charge >= 0.3 is 0 Å². The van der Waals surface area contributed by atoms with Crippen LogP contribution in [0.25, 0.3) is 22.6 Å². The second-order valence-corrected chi connectivity index (χ2v) is 7.39. The first-order chi connectivity index (χ1) is 14.0. The summed E-state index contributed by atoms with van der Waals surface area (Å²) in [5.74, 6) is 0.453. The number of hydrogen-bond donors (Lipinski definition) is 2. The molecule has 0 aliphatic carbocycles. The molecule has 146 valence electrons. The largest absolute Gasteiger partial charge is 0.507 e. The smallest absolute Gasteiger partial charge is 0.259 e. The number of aryl methyl sites for hydroxylation is 1. The number of aromatic nitrogens is 1. The number of carbonyl (C=O) groups is 1. The summed E-state index contributed by atoms with van der Waals surface area (Å²) in [5.41, 5.74) is 3.18. The lowest BCUT2D eigenvalue weighted by atomic mass is 10.1. The molecule has 1 amide bonds. The minimum absolute atomic E-state index is 0.0505. The third-order valence-corrected chi connectivity index (χ3v) is 4.98. The first-order valence-corrected chi connectivity index (χ1v) is 9.60. The van der Waals surface area contributed by atoms with E-state index in [1.165, 1.54) is 7.11 Å². The molecule has 0 radical (unpaired) electrons. The first kappa shape index (κ1) is 19.0. The second kappa shape index (κ2) is 7.60. The number of benzene rings is 3. The molecule has 7 heteroatoms. The highest BCUT2D eigenvalue weighted by molar-refractivity contribution is 9.10. The Balaban J connectivity index is 1.72. The van der Waals surface area contributed by atoms with Crippen molar-refractivity contribution < 1.29 is 19.1 Å². The number of ether oxygens (including phenoxy) is 1. The van der Waals surface area contributed by atoms with Crippen LogP contribution in [-0.4, -0.2) is 23.1 Å². The molecule has 1 heterocycles. The summed E-state index contributed by atoms with van der Waals surface area (Å²) < 4.78 is 11.8. The highest BCUT2D eigenvalue weighted by atomic mass is 79.9. The van der Waals surface area contributed by atoms with Crippen LogP contribution in [0.5, 0.6) is 11.5 Å². The highest BCUT2D eigenvalue weighted by Gasteiger charge is 2.18. The molecule has 6 nitrogen and oxygen atoms in total. The van der Waals surface area contributed by atoms with Crippen LogP contribution in [-0.2, 0) is 0 Å². The van der Waals surface area contributed by atoms with Crippen molar-refractivity contribution in [2.24, 2.45) is 0 Å². The fourth-order valence-corrected chi connectivity index (χ4v) is 3.42. The number of halogens is 1. The van der Waals surface area contributed by atoms with Crippen LogP contribution in [0.3, 0.4) is 0 Å². The van der Waals surface area contributed by atoms with Crippen molar-refractivity contribution in [3.8, 4) is 23.0 Å². The number of phenols is 1. The normalized spacial score (nSPS) is 10.9. The zero-order chi connectivity index (χ0) is 20.5. The van der Waals surface area contributed by atoms with E-state index in [4.69, 9.17) is 9.15 Å². The molecule has 3 aromatic carbocycles. The van der Waals surface area contributed by atoms with Crippen molar-refractivity contribution in [1.29, 1.82) is 0 Å². The Hall–Kier alpha value is -3.32. The van der Waals surface area contributed by atoms with Gasteiger partial charge in [0.15, 0.2) is 5.58 Å². The van der Waals surface area contributed by atoms with E-state index in [0.29, 0.717) is 39.2 Å². The molecule has 0 fully saturated rings. The molecule has 0 saturated heterocycles. The van der Waals surface area contributed by atoms with Crippen molar-refractivity contribution in [2.75, 3.05) is 12.4 Å². The summed E-state index contributed by atoms with van der Waals surface area (Å²) >= 11 is 3.37. The van der Waals surface area contributed by atoms with Crippen LogP contribution in [0.15, 0.2) is 63.5 Å². The van der Waals surface area contributed by atoms with Crippen molar-refractivity contribution in [3.05, 3.63) is 70.2 Å². The van der Waals surface area contributed by atoms with Crippen LogP contribution in [0.2, 0.25) is 0 Å². The first-order valence-electron chi connectivity index (χ1n) is 8.80. The fraction of sp³-hybridized carbons (Fsp3) is 0.0909. The Morgan fingerprint density at radius 3 is 2.72 bits per heavy atom. The number of carbonyl (C=O) groups excluding carboxylic acids is 1. The van der Waals surface area contributed by atoms with Crippen molar-refractivity contribution in [1.82, 2.24) is 4.98 Å². The SMILES string of the molecule is COc1ccc(Br)cc1C(=O)Nc1cc(C)c(O)c(-c2nc3ccccc3o2)c1. The summed E-state index contributed by atoms with van der Waals surface area (Å²) in [6.45, 7) is 1.75. The number of oxazole rings is 1. The molecule has 29 heavy (non-hydrogen) atoms. The fourth-order valence-electron chi connectivity index (χ4n) is 3.06. The number of rotatable bonds is 4. The van der Waals surface area contributed by atoms with Gasteiger partial charge in [-0.1, -0.05) is 28.1 Å². The van der Waals surface area contributed by atoms with Gasteiger partial charge in [0, 0.05) is 10.2 Å². The Bertz CT molecular complexity index is 1200. The average molecular weight is 453 g/mol. The number of nitrogens with one attached hydrogen (secondary N) is 1. The summed E-state index contributed by atoms with van der Waals surface area (Å²) in [4.78, 5) is 17.3. The van der Waals surface area contributed by atoms with Gasteiger partial charge in [-0.15, -0.1) is 0 Å². The van der Waals surface area contributed by atoms with E-state index in [1.807, 2.05) is 18.2 Å². The molecule has 0 spiro atoms. The molecule has 2 N–H and O–H groups in total. The highest BCUT2D eigenvalue weighted by Crippen LogP contribution is 2.36. The van der Waals surface area contributed by atoms with E-state index in [-0.39, 0.29) is 17.5 Å². The van der Waals surface area contributed by atoms with Gasteiger partial charge < -0.3 is 19.6 Å². The Kier molecular flexibility index (Phi) is 4.98. The predicted molar refractivity (Wildman–Crippen MR) is 114 cm³/mol. The van der Waals surface area contributed by atoms with E-state index < -0.39 is 0 Å². The number of hydrogen-bond acceptors (Lipinski definition) is 5. The standard InChI is InChI=1S/C22H17BrN2O4/c1-12-9-14(24-21(27)15-10-13(23)7-8-18(15)28-2)11-16(20(12)26)22-25-17-5-3-4-6-19(17)29-22/h3-11,26H,1-2H3,(H,24,27). The van der Waals surface area contributed by atoms with Gasteiger partial charge in [0.05, 0.1) is 18.2 Å². The van der Waals surface area contributed by atoms with Gasteiger partial charge in [-0.3, -0.25) is 4.79 Å². The number of aromatic hydroxyl groups is 1. The van der Waals surface area contributed by atoms with Crippen LogP contribution >= 0.6 is 15.9 Å². The van der Waals surface area contributed by atoms with Gasteiger partial charge in [-0.2, -0.15) is 0 Å². The Labute approximate surface area is 175 Å². The van der Waals surface area contributed by atoms with E-state index in [1.54, 1.807) is 43.3 Å². The molecule has 0 aliphatic rings. The lowest BCUT2D eigenvalue weighted by Gasteiger charge is -2.12. The maximum Gasteiger partial charge on any atom is 0.259 e. The molecule has 0 bridgehead atoms.